The lowest BCUT2D eigenvalue weighted by Crippen LogP contribution is -2.50. The van der Waals surface area contributed by atoms with E-state index >= 15 is 0 Å². The highest BCUT2D eigenvalue weighted by molar-refractivity contribution is 7.92. The highest BCUT2D eigenvalue weighted by Gasteiger charge is 2.30. The van der Waals surface area contributed by atoms with Crippen molar-refractivity contribution in [1.82, 2.24) is 10.2 Å². The van der Waals surface area contributed by atoms with Crippen molar-refractivity contribution in [3.05, 3.63) is 100 Å². The number of hydrogen-bond donors (Lipinski definition) is 1. The number of benzene rings is 3. The van der Waals surface area contributed by atoms with Crippen molar-refractivity contribution in [1.29, 1.82) is 0 Å². The quantitative estimate of drug-likeness (QED) is 0.297. The van der Waals surface area contributed by atoms with Gasteiger partial charge in [-0.1, -0.05) is 66.2 Å². The van der Waals surface area contributed by atoms with Crippen LogP contribution >= 0.6 is 11.6 Å². The van der Waals surface area contributed by atoms with Crippen molar-refractivity contribution in [2.24, 2.45) is 0 Å². The molecule has 0 saturated carbocycles. The third-order valence-corrected chi connectivity index (χ3v) is 8.06. The molecule has 9 heteroatoms. The Hall–Kier alpha value is -3.36. The molecule has 3 aromatic rings. The number of anilines is 1. The van der Waals surface area contributed by atoms with Crippen molar-refractivity contribution >= 4 is 39.1 Å². The number of carbonyl (C=O) groups is 2. The lowest BCUT2D eigenvalue weighted by atomic mass is 10.0. The summed E-state index contributed by atoms with van der Waals surface area (Å²) in [6.45, 7) is 6.39. The van der Waals surface area contributed by atoms with Crippen LogP contribution in [-0.4, -0.2) is 50.5 Å². The van der Waals surface area contributed by atoms with Crippen LogP contribution in [0, 0.1) is 13.8 Å². The number of sulfonamides is 1. The molecule has 0 saturated heterocycles. The minimum atomic E-state index is -3.58. The Kier molecular flexibility index (Phi) is 11.2. The molecule has 0 aliphatic rings. The molecule has 0 bridgehead atoms. The van der Waals surface area contributed by atoms with Crippen molar-refractivity contribution in [2.45, 2.75) is 52.6 Å². The molecule has 3 aromatic carbocycles. The van der Waals surface area contributed by atoms with Gasteiger partial charge in [-0.25, -0.2) is 8.42 Å². The summed E-state index contributed by atoms with van der Waals surface area (Å²) in [5.74, 6) is -0.476. The zero-order chi connectivity index (χ0) is 29.3. The van der Waals surface area contributed by atoms with Gasteiger partial charge in [0.1, 0.15) is 6.04 Å². The fourth-order valence-electron chi connectivity index (χ4n) is 4.65. The molecule has 0 aliphatic heterocycles. The maximum Gasteiger partial charge on any atom is 0.243 e. The number of aryl methyl sites for hydroxylation is 2. The van der Waals surface area contributed by atoms with Gasteiger partial charge in [0.15, 0.2) is 0 Å². The number of rotatable bonds is 13. The summed E-state index contributed by atoms with van der Waals surface area (Å²) in [5, 5.41) is 3.42. The predicted molar refractivity (Wildman–Crippen MR) is 162 cm³/mol. The molecular weight excluding hydrogens is 546 g/mol. The van der Waals surface area contributed by atoms with E-state index in [2.05, 4.69) is 5.32 Å². The average Bonchev–Trinajstić information content (AvgIpc) is 2.90. The van der Waals surface area contributed by atoms with Gasteiger partial charge in [-0.15, -0.1) is 0 Å². The first-order valence-electron chi connectivity index (χ1n) is 13.4. The normalized spacial score (nSPS) is 12.0. The summed E-state index contributed by atoms with van der Waals surface area (Å²) in [5.41, 5.74) is 4.12. The smallest absolute Gasteiger partial charge is 0.243 e. The summed E-state index contributed by atoms with van der Waals surface area (Å²) >= 11 is 6.23. The molecular formula is C31H38ClN3O4S. The van der Waals surface area contributed by atoms with Crippen LogP contribution in [0.5, 0.6) is 0 Å². The Labute approximate surface area is 243 Å². The van der Waals surface area contributed by atoms with Crippen molar-refractivity contribution in [3.63, 3.8) is 0 Å². The molecule has 0 fully saturated rings. The Morgan fingerprint density at radius 1 is 0.950 bits per heavy atom. The molecule has 0 heterocycles. The monoisotopic (exact) mass is 583 g/mol. The lowest BCUT2D eigenvalue weighted by Gasteiger charge is -2.32. The molecule has 0 spiro atoms. The molecule has 7 nitrogen and oxygen atoms in total. The Morgan fingerprint density at radius 2 is 1.65 bits per heavy atom. The van der Waals surface area contributed by atoms with Crippen LogP contribution in [0.25, 0.3) is 0 Å². The van der Waals surface area contributed by atoms with Gasteiger partial charge in [0, 0.05) is 37.5 Å². The van der Waals surface area contributed by atoms with Gasteiger partial charge in [0.05, 0.1) is 11.9 Å². The molecule has 0 radical (unpaired) electrons. The number of halogens is 1. The number of nitrogens with zero attached hydrogens (tertiary/aromatic N) is 2. The van der Waals surface area contributed by atoms with E-state index in [0.717, 1.165) is 22.3 Å². The largest absolute Gasteiger partial charge is 0.355 e. The Bertz CT molecular complexity index is 1410. The lowest BCUT2D eigenvalue weighted by molar-refractivity contribution is -0.141. The maximum absolute atomic E-state index is 13.8. The van der Waals surface area contributed by atoms with E-state index in [4.69, 9.17) is 11.6 Å². The molecule has 1 atom stereocenters. The number of carbonyl (C=O) groups excluding carboxylic acids is 2. The minimum absolute atomic E-state index is 0.0716. The summed E-state index contributed by atoms with van der Waals surface area (Å²) < 4.78 is 26.8. The van der Waals surface area contributed by atoms with Gasteiger partial charge in [0.2, 0.25) is 21.8 Å². The van der Waals surface area contributed by atoms with Crippen molar-refractivity contribution < 1.29 is 18.0 Å². The van der Waals surface area contributed by atoms with Crippen LogP contribution in [0.3, 0.4) is 0 Å². The van der Waals surface area contributed by atoms with E-state index in [1.807, 2.05) is 81.4 Å². The molecule has 214 valence electrons. The van der Waals surface area contributed by atoms with Crippen LogP contribution in [0.15, 0.2) is 72.8 Å². The molecule has 3 rings (SSSR count). The fraction of sp³-hybridized carbons (Fsp3) is 0.355. The van der Waals surface area contributed by atoms with Gasteiger partial charge in [0.25, 0.3) is 0 Å². The van der Waals surface area contributed by atoms with Crippen molar-refractivity contribution in [2.75, 3.05) is 23.7 Å². The molecule has 0 aromatic heterocycles. The van der Waals surface area contributed by atoms with Gasteiger partial charge < -0.3 is 10.2 Å². The second-order valence-electron chi connectivity index (χ2n) is 9.98. The van der Waals surface area contributed by atoms with E-state index in [0.29, 0.717) is 30.1 Å². The van der Waals surface area contributed by atoms with Crippen LogP contribution < -0.4 is 9.62 Å². The number of nitrogens with one attached hydrogen (secondary N) is 1. The third kappa shape index (κ3) is 8.83. The first kappa shape index (κ1) is 31.2. The van der Waals surface area contributed by atoms with Gasteiger partial charge in [-0.3, -0.25) is 13.9 Å². The summed E-state index contributed by atoms with van der Waals surface area (Å²) in [7, 11) is -3.58. The van der Waals surface area contributed by atoms with Crippen LogP contribution in [0.2, 0.25) is 5.02 Å². The molecule has 40 heavy (non-hydrogen) atoms. The van der Waals surface area contributed by atoms with E-state index in [9.17, 15) is 18.0 Å². The van der Waals surface area contributed by atoms with Gasteiger partial charge in [-0.2, -0.15) is 0 Å². The second kappa shape index (κ2) is 14.3. The number of likely N-dealkylation sites (N-methyl/N-ethyl adjacent to an activating group) is 1. The summed E-state index contributed by atoms with van der Waals surface area (Å²) in [6.07, 6.45) is 1.88. The zero-order valence-corrected chi connectivity index (χ0v) is 25.1. The molecule has 1 N–H and O–H groups in total. The van der Waals surface area contributed by atoms with Crippen LogP contribution in [-0.2, 0) is 32.6 Å². The first-order chi connectivity index (χ1) is 19.0. The third-order valence-electron chi connectivity index (χ3n) is 6.65. The zero-order valence-electron chi connectivity index (χ0n) is 23.6. The number of hydrogen-bond acceptors (Lipinski definition) is 4. The van der Waals surface area contributed by atoms with E-state index in [1.165, 1.54) is 10.6 Å². The first-order valence-corrected chi connectivity index (χ1v) is 15.6. The van der Waals surface area contributed by atoms with E-state index < -0.39 is 16.1 Å². The molecule has 2 amide bonds. The predicted octanol–water partition coefficient (Wildman–Crippen LogP) is 5.28. The topological polar surface area (TPSA) is 86.8 Å². The standard InChI is InChI=1S/C31H38ClN3O4S/c1-5-33-31(37)29(21-25-11-7-6-8-12-25)34(22-26-13-9-14-27(32)20-26)30(36)15-10-18-35(40(4,38)39)28-19-23(2)16-17-24(28)3/h6-9,11-14,16-17,19-20,29H,5,10,15,18,21-22H2,1-4H3,(H,33,37). The Balaban J connectivity index is 1.88. The summed E-state index contributed by atoms with van der Waals surface area (Å²) in [6, 6.07) is 21.7. The average molecular weight is 584 g/mol. The highest BCUT2D eigenvalue weighted by atomic mass is 35.5. The fourth-order valence-corrected chi connectivity index (χ4v) is 5.88. The summed E-state index contributed by atoms with van der Waals surface area (Å²) in [4.78, 5) is 28.7. The SMILES string of the molecule is CCNC(=O)C(Cc1ccccc1)N(Cc1cccc(Cl)c1)C(=O)CCCN(c1cc(C)ccc1C)S(C)(=O)=O. The molecule has 1 unspecified atom stereocenters. The maximum atomic E-state index is 13.8. The second-order valence-corrected chi connectivity index (χ2v) is 12.3. The number of amides is 2. The minimum Gasteiger partial charge on any atom is -0.355 e. The van der Waals surface area contributed by atoms with Crippen LogP contribution in [0.4, 0.5) is 5.69 Å². The van der Waals surface area contributed by atoms with Crippen molar-refractivity contribution in [3.8, 4) is 0 Å². The highest BCUT2D eigenvalue weighted by Crippen LogP contribution is 2.25. The van der Waals surface area contributed by atoms with Gasteiger partial charge >= 0.3 is 0 Å². The van der Waals surface area contributed by atoms with Gasteiger partial charge in [-0.05, 0) is 67.6 Å². The van der Waals surface area contributed by atoms with E-state index in [1.54, 1.807) is 17.0 Å². The Morgan fingerprint density at radius 3 is 2.30 bits per heavy atom. The van der Waals surface area contributed by atoms with E-state index in [-0.39, 0.29) is 31.3 Å². The van der Waals surface area contributed by atoms with Crippen LogP contribution in [0.1, 0.15) is 42.0 Å². The molecule has 0 aliphatic carbocycles.